The lowest BCUT2D eigenvalue weighted by Gasteiger charge is -2.41. The van der Waals surface area contributed by atoms with Gasteiger partial charge in [-0.2, -0.15) is 0 Å². The van der Waals surface area contributed by atoms with Gasteiger partial charge >= 0.3 is 0 Å². The second kappa shape index (κ2) is 3.40. The van der Waals surface area contributed by atoms with Crippen molar-refractivity contribution in [1.82, 2.24) is 0 Å². The van der Waals surface area contributed by atoms with Gasteiger partial charge in [-0.05, 0) is 36.5 Å². The molecule has 2 saturated carbocycles. The summed E-state index contributed by atoms with van der Waals surface area (Å²) in [6, 6.07) is 0. The van der Waals surface area contributed by atoms with Crippen molar-refractivity contribution in [3.8, 4) is 0 Å². The third-order valence-electron chi connectivity index (χ3n) is 4.39. The molecule has 0 unspecified atom stereocenters. The molecule has 12 heavy (non-hydrogen) atoms. The van der Waals surface area contributed by atoms with E-state index in [4.69, 9.17) is 0 Å². The number of hydrogen-bond acceptors (Lipinski definition) is 0. The van der Waals surface area contributed by atoms with E-state index in [1.807, 2.05) is 0 Å². The van der Waals surface area contributed by atoms with Gasteiger partial charge < -0.3 is 0 Å². The first kappa shape index (κ1) is 8.59. The maximum atomic E-state index is 2.45. The summed E-state index contributed by atoms with van der Waals surface area (Å²) in [5.74, 6) is 4.24. The van der Waals surface area contributed by atoms with Crippen LogP contribution in [-0.2, 0) is 0 Å². The molecule has 4 atom stereocenters. The molecule has 70 valence electrons. The maximum Gasteiger partial charge on any atom is -0.0383 e. The molecule has 0 nitrogen and oxygen atoms in total. The summed E-state index contributed by atoms with van der Waals surface area (Å²) in [7, 11) is 0. The summed E-state index contributed by atoms with van der Waals surface area (Å²) < 4.78 is 0. The first-order valence-electron chi connectivity index (χ1n) is 5.77. The van der Waals surface area contributed by atoms with E-state index in [-0.39, 0.29) is 0 Å². The molecule has 0 aromatic rings. The first-order chi connectivity index (χ1) is 5.77. The SMILES string of the molecule is C[C@@H]1C[C@@H]2CCCC[C@@H]2C[C@@H]1C. The number of fused-ring (bicyclic) bond motifs is 1. The Morgan fingerprint density at radius 3 is 1.58 bits per heavy atom. The van der Waals surface area contributed by atoms with E-state index < -0.39 is 0 Å². The Hall–Kier alpha value is 0. The summed E-state index contributed by atoms with van der Waals surface area (Å²) in [4.78, 5) is 0. The minimum atomic E-state index is 1.00. The van der Waals surface area contributed by atoms with Crippen LogP contribution >= 0.6 is 0 Å². The molecular formula is C12H22. The molecule has 0 heteroatoms. The Morgan fingerprint density at radius 2 is 1.17 bits per heavy atom. The van der Waals surface area contributed by atoms with Crippen LogP contribution in [0.5, 0.6) is 0 Å². The zero-order valence-corrected chi connectivity index (χ0v) is 8.55. The van der Waals surface area contributed by atoms with Crippen molar-refractivity contribution < 1.29 is 0 Å². The van der Waals surface area contributed by atoms with E-state index in [1.54, 1.807) is 12.8 Å². The zero-order valence-electron chi connectivity index (χ0n) is 8.55. The van der Waals surface area contributed by atoms with Crippen LogP contribution in [0.2, 0.25) is 0 Å². The summed E-state index contributed by atoms with van der Waals surface area (Å²) in [6.07, 6.45) is 9.19. The summed E-state index contributed by atoms with van der Waals surface area (Å²) in [6.45, 7) is 4.91. The Bertz CT molecular complexity index is 132. The van der Waals surface area contributed by atoms with Crippen LogP contribution in [-0.4, -0.2) is 0 Å². The first-order valence-corrected chi connectivity index (χ1v) is 5.77. The third kappa shape index (κ3) is 1.53. The zero-order chi connectivity index (χ0) is 8.55. The smallest absolute Gasteiger partial charge is 0.0383 e. The molecule has 0 aromatic heterocycles. The van der Waals surface area contributed by atoms with Crippen molar-refractivity contribution in [3.63, 3.8) is 0 Å². The second-order valence-electron chi connectivity index (χ2n) is 5.23. The Morgan fingerprint density at radius 1 is 0.750 bits per heavy atom. The fourth-order valence-corrected chi connectivity index (χ4v) is 3.32. The second-order valence-corrected chi connectivity index (χ2v) is 5.23. The minimum absolute atomic E-state index is 1.00. The predicted octanol–water partition coefficient (Wildman–Crippen LogP) is 3.86. The standard InChI is InChI=1S/C12H22/c1-9-7-11-5-3-4-6-12(11)8-10(9)2/h9-12H,3-8H2,1-2H3/t9-,10+,11+,12-. The van der Waals surface area contributed by atoms with Crippen LogP contribution < -0.4 is 0 Å². The Kier molecular flexibility index (Phi) is 2.43. The van der Waals surface area contributed by atoms with Crippen molar-refractivity contribution >= 4 is 0 Å². The van der Waals surface area contributed by atoms with E-state index in [0.717, 1.165) is 23.7 Å². The van der Waals surface area contributed by atoms with Crippen LogP contribution in [0.25, 0.3) is 0 Å². The molecule has 0 aromatic carbocycles. The van der Waals surface area contributed by atoms with Crippen LogP contribution in [0, 0.1) is 23.7 Å². The van der Waals surface area contributed by atoms with E-state index in [9.17, 15) is 0 Å². The largest absolute Gasteiger partial charge is 0.0622 e. The molecule has 0 spiro atoms. The van der Waals surface area contributed by atoms with E-state index in [1.165, 1.54) is 25.7 Å². The van der Waals surface area contributed by atoms with Gasteiger partial charge in [0.25, 0.3) is 0 Å². The fraction of sp³-hybridized carbons (Fsp3) is 1.00. The van der Waals surface area contributed by atoms with Gasteiger partial charge in [0.1, 0.15) is 0 Å². The summed E-state index contributed by atoms with van der Waals surface area (Å²) >= 11 is 0. The summed E-state index contributed by atoms with van der Waals surface area (Å²) in [5, 5.41) is 0. The van der Waals surface area contributed by atoms with Crippen LogP contribution in [0.4, 0.5) is 0 Å². The predicted molar refractivity (Wildman–Crippen MR) is 53.0 cm³/mol. The molecule has 0 radical (unpaired) electrons. The third-order valence-corrected chi connectivity index (χ3v) is 4.39. The lowest BCUT2D eigenvalue weighted by atomic mass is 9.64. The van der Waals surface area contributed by atoms with Gasteiger partial charge in [-0.3, -0.25) is 0 Å². The van der Waals surface area contributed by atoms with Crippen molar-refractivity contribution in [2.75, 3.05) is 0 Å². The monoisotopic (exact) mass is 166 g/mol. The van der Waals surface area contributed by atoms with Gasteiger partial charge in [-0.15, -0.1) is 0 Å². The van der Waals surface area contributed by atoms with Gasteiger partial charge in [0.05, 0.1) is 0 Å². The maximum absolute atomic E-state index is 2.45. The van der Waals surface area contributed by atoms with Crippen LogP contribution in [0.3, 0.4) is 0 Å². The van der Waals surface area contributed by atoms with E-state index in [0.29, 0.717) is 0 Å². The van der Waals surface area contributed by atoms with E-state index in [2.05, 4.69) is 13.8 Å². The molecule has 2 aliphatic carbocycles. The lowest BCUT2D eigenvalue weighted by molar-refractivity contribution is 0.0942. The molecule has 2 rings (SSSR count). The van der Waals surface area contributed by atoms with Crippen molar-refractivity contribution in [3.05, 3.63) is 0 Å². The average molecular weight is 166 g/mol. The van der Waals surface area contributed by atoms with Crippen molar-refractivity contribution in [1.29, 1.82) is 0 Å². The average Bonchev–Trinajstić information content (AvgIpc) is 2.07. The Balaban J connectivity index is 1.98. The minimum Gasteiger partial charge on any atom is -0.0622 e. The van der Waals surface area contributed by atoms with Crippen LogP contribution in [0.15, 0.2) is 0 Å². The van der Waals surface area contributed by atoms with Gasteiger partial charge in [0, 0.05) is 0 Å². The molecule has 0 aliphatic heterocycles. The highest BCUT2D eigenvalue weighted by Crippen LogP contribution is 2.44. The summed E-state index contributed by atoms with van der Waals surface area (Å²) in [5.41, 5.74) is 0. The van der Waals surface area contributed by atoms with Crippen molar-refractivity contribution in [2.24, 2.45) is 23.7 Å². The van der Waals surface area contributed by atoms with Crippen molar-refractivity contribution in [2.45, 2.75) is 52.4 Å². The van der Waals surface area contributed by atoms with Gasteiger partial charge in [0.2, 0.25) is 0 Å². The van der Waals surface area contributed by atoms with Crippen LogP contribution in [0.1, 0.15) is 52.4 Å². The molecule has 2 aliphatic rings. The molecule has 0 N–H and O–H groups in total. The molecule has 0 heterocycles. The number of hydrogen-bond donors (Lipinski definition) is 0. The number of rotatable bonds is 0. The van der Waals surface area contributed by atoms with Gasteiger partial charge in [0.15, 0.2) is 0 Å². The van der Waals surface area contributed by atoms with Gasteiger partial charge in [-0.25, -0.2) is 0 Å². The molecule has 0 saturated heterocycles. The molecule has 0 amide bonds. The highest BCUT2D eigenvalue weighted by Gasteiger charge is 2.33. The molecular weight excluding hydrogens is 144 g/mol. The normalized spacial score (nSPS) is 48.5. The van der Waals surface area contributed by atoms with Gasteiger partial charge in [-0.1, -0.05) is 39.5 Å². The quantitative estimate of drug-likeness (QED) is 0.512. The fourth-order valence-electron chi connectivity index (χ4n) is 3.32. The highest BCUT2D eigenvalue weighted by molar-refractivity contribution is 4.84. The Labute approximate surface area is 76.7 Å². The van der Waals surface area contributed by atoms with E-state index >= 15 is 0 Å². The lowest BCUT2D eigenvalue weighted by Crippen LogP contribution is -2.31. The molecule has 2 fully saturated rings. The topological polar surface area (TPSA) is 0 Å². The molecule has 0 bridgehead atoms. The highest BCUT2D eigenvalue weighted by atomic mass is 14.4.